The normalized spacial score (nSPS) is 27.4. The lowest BCUT2D eigenvalue weighted by Crippen LogP contribution is -2.58. The molecule has 1 aromatic carbocycles. The van der Waals surface area contributed by atoms with Crippen LogP contribution in [0.3, 0.4) is 0 Å². The third kappa shape index (κ3) is 2.57. The third-order valence-corrected chi connectivity index (χ3v) is 5.02. The van der Waals surface area contributed by atoms with Gasteiger partial charge >= 0.3 is 0 Å². The van der Waals surface area contributed by atoms with Crippen LogP contribution < -0.4 is 4.90 Å². The molecule has 0 spiro atoms. The van der Waals surface area contributed by atoms with Crippen molar-refractivity contribution in [3.05, 3.63) is 29.3 Å². The molecular weight excluding hydrogens is 248 g/mol. The molecule has 3 nitrogen and oxygen atoms in total. The van der Waals surface area contributed by atoms with Crippen molar-refractivity contribution >= 4 is 5.69 Å². The van der Waals surface area contributed by atoms with E-state index in [-0.39, 0.29) is 6.61 Å². The average molecular weight is 274 g/mol. The summed E-state index contributed by atoms with van der Waals surface area (Å²) in [7, 11) is 0. The van der Waals surface area contributed by atoms with Gasteiger partial charge in [0.15, 0.2) is 0 Å². The second kappa shape index (κ2) is 5.74. The molecule has 0 aromatic heterocycles. The Morgan fingerprint density at radius 1 is 1.25 bits per heavy atom. The molecule has 0 saturated carbocycles. The topological polar surface area (TPSA) is 26.7 Å². The van der Waals surface area contributed by atoms with Gasteiger partial charge in [-0.3, -0.25) is 4.90 Å². The number of anilines is 1. The first-order valence-corrected chi connectivity index (χ1v) is 7.90. The fourth-order valence-corrected chi connectivity index (χ4v) is 3.75. The number of benzene rings is 1. The van der Waals surface area contributed by atoms with E-state index in [1.807, 2.05) is 0 Å². The molecule has 2 aliphatic rings. The summed E-state index contributed by atoms with van der Waals surface area (Å²) >= 11 is 0. The fraction of sp³-hybridized carbons (Fsp3) is 0.647. The summed E-state index contributed by atoms with van der Waals surface area (Å²) in [6.45, 7) is 8.19. The first-order valence-electron chi connectivity index (χ1n) is 7.90. The zero-order chi connectivity index (χ0) is 14.1. The van der Waals surface area contributed by atoms with Crippen molar-refractivity contribution in [1.29, 1.82) is 0 Å². The number of piperidine rings is 1. The van der Waals surface area contributed by atoms with Crippen LogP contribution in [0.25, 0.3) is 0 Å². The minimum absolute atomic E-state index is 0.137. The Morgan fingerprint density at radius 2 is 2.10 bits per heavy atom. The summed E-state index contributed by atoms with van der Waals surface area (Å²) in [5.74, 6) is 0. The van der Waals surface area contributed by atoms with Crippen LogP contribution in [-0.2, 0) is 6.61 Å². The van der Waals surface area contributed by atoms with Crippen LogP contribution in [0.5, 0.6) is 0 Å². The Hall–Kier alpha value is -1.06. The van der Waals surface area contributed by atoms with Crippen molar-refractivity contribution in [3.8, 4) is 0 Å². The monoisotopic (exact) mass is 274 g/mol. The number of aryl methyl sites for hydroxylation is 1. The zero-order valence-electron chi connectivity index (χ0n) is 12.7. The predicted molar refractivity (Wildman–Crippen MR) is 83.1 cm³/mol. The summed E-state index contributed by atoms with van der Waals surface area (Å²) in [5, 5.41) is 9.31. The van der Waals surface area contributed by atoms with Crippen LogP contribution in [0.15, 0.2) is 18.2 Å². The van der Waals surface area contributed by atoms with Gasteiger partial charge in [0, 0.05) is 30.9 Å². The minimum Gasteiger partial charge on any atom is -0.392 e. The molecule has 0 bridgehead atoms. The molecule has 2 atom stereocenters. The fourth-order valence-electron chi connectivity index (χ4n) is 3.75. The van der Waals surface area contributed by atoms with E-state index in [9.17, 15) is 5.11 Å². The maximum Gasteiger partial charge on any atom is 0.0684 e. The van der Waals surface area contributed by atoms with E-state index in [1.165, 1.54) is 43.6 Å². The SMILES string of the molecule is Cc1cc(N2CC3CCCCN3CC2C)ccc1CO. The van der Waals surface area contributed by atoms with Crippen LogP contribution in [0.1, 0.15) is 37.3 Å². The highest BCUT2D eigenvalue weighted by Gasteiger charge is 2.32. The molecule has 1 aromatic rings. The molecule has 2 fully saturated rings. The predicted octanol–water partition coefficient (Wildman–Crippen LogP) is 2.55. The van der Waals surface area contributed by atoms with Gasteiger partial charge in [-0.2, -0.15) is 0 Å². The number of aliphatic hydroxyl groups excluding tert-OH is 1. The molecule has 2 aliphatic heterocycles. The molecule has 3 rings (SSSR count). The van der Waals surface area contributed by atoms with Gasteiger partial charge in [-0.15, -0.1) is 0 Å². The summed E-state index contributed by atoms with van der Waals surface area (Å²) < 4.78 is 0. The molecule has 1 N–H and O–H groups in total. The number of piperazine rings is 1. The van der Waals surface area contributed by atoms with Gasteiger partial charge in [0.2, 0.25) is 0 Å². The maximum absolute atomic E-state index is 9.31. The second-order valence-corrected chi connectivity index (χ2v) is 6.41. The van der Waals surface area contributed by atoms with Gasteiger partial charge in [0.05, 0.1) is 6.61 Å². The van der Waals surface area contributed by atoms with Gasteiger partial charge in [0.25, 0.3) is 0 Å². The molecule has 2 saturated heterocycles. The van der Waals surface area contributed by atoms with Crippen molar-refractivity contribution < 1.29 is 5.11 Å². The number of rotatable bonds is 2. The number of nitrogens with zero attached hydrogens (tertiary/aromatic N) is 2. The lowest BCUT2D eigenvalue weighted by molar-refractivity contribution is 0.115. The molecule has 20 heavy (non-hydrogen) atoms. The zero-order valence-corrected chi connectivity index (χ0v) is 12.7. The van der Waals surface area contributed by atoms with E-state index >= 15 is 0 Å². The molecule has 3 heteroatoms. The number of fused-ring (bicyclic) bond motifs is 1. The standard InChI is InChI=1S/C17H26N2O/c1-13-9-16(7-6-15(13)12-20)19-11-17-5-3-4-8-18(17)10-14(19)2/h6-7,9,14,17,20H,3-5,8,10-12H2,1-2H3. The van der Waals surface area contributed by atoms with Crippen LogP contribution in [-0.4, -0.2) is 41.7 Å². The largest absolute Gasteiger partial charge is 0.392 e. The molecular formula is C17H26N2O. The molecule has 2 unspecified atom stereocenters. The highest BCUT2D eigenvalue weighted by Crippen LogP contribution is 2.29. The second-order valence-electron chi connectivity index (χ2n) is 6.41. The summed E-state index contributed by atoms with van der Waals surface area (Å²) in [5.41, 5.74) is 3.55. The van der Waals surface area contributed by atoms with Gasteiger partial charge < -0.3 is 10.0 Å². The highest BCUT2D eigenvalue weighted by molar-refractivity contribution is 5.52. The smallest absolute Gasteiger partial charge is 0.0684 e. The van der Waals surface area contributed by atoms with E-state index in [2.05, 4.69) is 41.8 Å². The molecule has 0 radical (unpaired) electrons. The minimum atomic E-state index is 0.137. The summed E-state index contributed by atoms with van der Waals surface area (Å²) in [6.07, 6.45) is 4.09. The number of hydrogen-bond donors (Lipinski definition) is 1. The van der Waals surface area contributed by atoms with E-state index in [0.717, 1.165) is 18.2 Å². The van der Waals surface area contributed by atoms with Crippen molar-refractivity contribution in [2.75, 3.05) is 24.5 Å². The van der Waals surface area contributed by atoms with Gasteiger partial charge in [-0.05, 0) is 56.5 Å². The third-order valence-electron chi connectivity index (χ3n) is 5.02. The first-order chi connectivity index (χ1) is 9.69. The first kappa shape index (κ1) is 13.9. The van der Waals surface area contributed by atoms with Crippen LogP contribution >= 0.6 is 0 Å². The van der Waals surface area contributed by atoms with E-state index in [4.69, 9.17) is 0 Å². The van der Waals surface area contributed by atoms with Crippen molar-refractivity contribution in [2.45, 2.75) is 51.8 Å². The Bertz CT molecular complexity index is 474. The van der Waals surface area contributed by atoms with Gasteiger partial charge in [-0.1, -0.05) is 12.5 Å². The maximum atomic E-state index is 9.31. The molecule has 0 amide bonds. The van der Waals surface area contributed by atoms with Gasteiger partial charge in [-0.25, -0.2) is 0 Å². The lowest BCUT2D eigenvalue weighted by Gasteiger charge is -2.48. The lowest BCUT2D eigenvalue weighted by atomic mass is 9.96. The summed E-state index contributed by atoms with van der Waals surface area (Å²) in [4.78, 5) is 5.24. The van der Waals surface area contributed by atoms with Crippen LogP contribution in [0.4, 0.5) is 5.69 Å². The van der Waals surface area contributed by atoms with E-state index in [0.29, 0.717) is 6.04 Å². The summed E-state index contributed by atoms with van der Waals surface area (Å²) in [6, 6.07) is 7.79. The quantitative estimate of drug-likeness (QED) is 0.898. The van der Waals surface area contributed by atoms with Crippen LogP contribution in [0, 0.1) is 6.92 Å². The van der Waals surface area contributed by atoms with Crippen LogP contribution in [0.2, 0.25) is 0 Å². The van der Waals surface area contributed by atoms with E-state index in [1.54, 1.807) is 0 Å². The highest BCUT2D eigenvalue weighted by atomic mass is 16.3. The average Bonchev–Trinajstić information content (AvgIpc) is 2.46. The number of hydrogen-bond acceptors (Lipinski definition) is 3. The van der Waals surface area contributed by atoms with Crippen molar-refractivity contribution in [1.82, 2.24) is 4.90 Å². The van der Waals surface area contributed by atoms with Crippen molar-refractivity contribution in [2.24, 2.45) is 0 Å². The molecule has 0 aliphatic carbocycles. The van der Waals surface area contributed by atoms with Crippen molar-refractivity contribution in [3.63, 3.8) is 0 Å². The molecule has 110 valence electrons. The Morgan fingerprint density at radius 3 is 2.85 bits per heavy atom. The van der Waals surface area contributed by atoms with Gasteiger partial charge in [0.1, 0.15) is 0 Å². The molecule has 2 heterocycles. The Labute approximate surface area is 122 Å². The Balaban J connectivity index is 1.80. The number of aliphatic hydroxyl groups is 1. The van der Waals surface area contributed by atoms with E-state index < -0.39 is 0 Å². The Kier molecular flexibility index (Phi) is 3.99.